The molecule has 26 heavy (non-hydrogen) atoms. The summed E-state index contributed by atoms with van der Waals surface area (Å²) in [6.07, 6.45) is 3.15. The maximum Gasteiger partial charge on any atom is 0.353 e. The average Bonchev–Trinajstić information content (AvgIpc) is 2.59. The summed E-state index contributed by atoms with van der Waals surface area (Å²) in [4.78, 5) is 0. The minimum atomic E-state index is -1.36. The Hall–Kier alpha value is -1.38. The first-order valence-electron chi connectivity index (χ1n) is 9.11. The lowest BCUT2D eigenvalue weighted by Crippen LogP contribution is -2.38. The summed E-state index contributed by atoms with van der Waals surface area (Å²) in [6.45, 7) is 13.6. The van der Waals surface area contributed by atoms with Crippen LogP contribution in [0, 0.1) is 23.7 Å². The molecule has 0 amide bonds. The monoisotopic (exact) mass is 368 g/mol. The van der Waals surface area contributed by atoms with Crippen LogP contribution in [0.4, 0.5) is 0 Å². The maximum atomic E-state index is 5.52. The first kappa shape index (κ1) is 24.6. The van der Waals surface area contributed by atoms with E-state index in [2.05, 4.69) is 23.7 Å². The van der Waals surface area contributed by atoms with Crippen LogP contribution in [0.3, 0.4) is 0 Å². The molecule has 0 heterocycles. The second kappa shape index (κ2) is 14.8. The maximum absolute atomic E-state index is 5.52. The minimum absolute atomic E-state index is 0.414. The van der Waals surface area contributed by atoms with Gasteiger partial charge in [0.1, 0.15) is 0 Å². The summed E-state index contributed by atoms with van der Waals surface area (Å²) < 4.78 is 33.1. The molecule has 0 radical (unpaired) electrons. The minimum Gasteiger partial charge on any atom is -0.317 e. The van der Waals surface area contributed by atoms with Crippen LogP contribution in [0.5, 0.6) is 0 Å². The van der Waals surface area contributed by atoms with Crippen molar-refractivity contribution in [3.63, 3.8) is 0 Å². The molecular weight excluding hydrogens is 336 g/mol. The molecule has 0 aliphatic carbocycles. The molecule has 0 N–H and O–H groups in total. The number of hydrogen-bond acceptors (Lipinski definition) is 6. The van der Waals surface area contributed by atoms with E-state index in [-0.39, 0.29) is 0 Å². The topological polar surface area (TPSA) is 55.4 Å². The van der Waals surface area contributed by atoms with Crippen LogP contribution >= 0.6 is 0 Å². The fourth-order valence-corrected chi connectivity index (χ4v) is 1.95. The Labute approximate surface area is 158 Å². The van der Waals surface area contributed by atoms with Gasteiger partial charge in [0.25, 0.3) is 0 Å². The molecule has 6 nitrogen and oxygen atoms in total. The van der Waals surface area contributed by atoms with Gasteiger partial charge in [0.05, 0.1) is 39.6 Å². The van der Waals surface area contributed by atoms with E-state index in [4.69, 9.17) is 28.4 Å². The second-order valence-electron chi connectivity index (χ2n) is 4.58. The van der Waals surface area contributed by atoms with Gasteiger partial charge in [-0.05, 0) is 65.5 Å². The summed E-state index contributed by atoms with van der Waals surface area (Å²) in [5, 5.41) is 0. The van der Waals surface area contributed by atoms with E-state index >= 15 is 0 Å². The lowest BCUT2D eigenvalue weighted by atomic mass is 10.4. The number of allylic oxidation sites excluding steroid dienone is 2. The van der Waals surface area contributed by atoms with Gasteiger partial charge < -0.3 is 28.4 Å². The van der Waals surface area contributed by atoms with Crippen LogP contribution in [-0.2, 0) is 28.4 Å². The van der Waals surface area contributed by atoms with Crippen LogP contribution < -0.4 is 0 Å². The summed E-state index contributed by atoms with van der Waals surface area (Å²) in [5.41, 5.74) is 0. The van der Waals surface area contributed by atoms with Gasteiger partial charge in [-0.15, -0.1) is 0 Å². The molecule has 0 unspecified atom stereocenters. The van der Waals surface area contributed by atoms with Gasteiger partial charge in [-0.2, -0.15) is 0 Å². The molecule has 0 fully saturated rings. The van der Waals surface area contributed by atoms with E-state index in [1.165, 1.54) is 0 Å². The Kier molecular flexibility index (Phi) is 14.0. The predicted molar refractivity (Wildman–Crippen MR) is 99.9 cm³/mol. The van der Waals surface area contributed by atoms with Crippen molar-refractivity contribution < 1.29 is 28.4 Å². The quantitative estimate of drug-likeness (QED) is 0.390. The third kappa shape index (κ3) is 9.35. The smallest absolute Gasteiger partial charge is 0.317 e. The molecule has 0 saturated carbocycles. The van der Waals surface area contributed by atoms with Crippen molar-refractivity contribution in [2.24, 2.45) is 0 Å². The van der Waals surface area contributed by atoms with Crippen molar-refractivity contribution in [3.8, 4) is 23.7 Å². The SMILES string of the molecule is CCOC(C#C/C=C/C#CC(OCC)(OCC)OCC)(OCC)OCC. The molecule has 0 bridgehead atoms. The molecule has 0 saturated heterocycles. The Bertz CT molecular complexity index is 426. The normalized spacial score (nSPS) is 11.8. The Morgan fingerprint density at radius 2 is 0.731 bits per heavy atom. The van der Waals surface area contributed by atoms with Gasteiger partial charge in [0, 0.05) is 0 Å². The zero-order valence-corrected chi connectivity index (χ0v) is 16.8. The van der Waals surface area contributed by atoms with Crippen LogP contribution in [0.2, 0.25) is 0 Å². The van der Waals surface area contributed by atoms with Gasteiger partial charge >= 0.3 is 11.9 Å². The molecule has 6 heteroatoms. The molecule has 0 aromatic carbocycles. The van der Waals surface area contributed by atoms with E-state index < -0.39 is 11.9 Å². The van der Waals surface area contributed by atoms with Gasteiger partial charge in [-0.3, -0.25) is 0 Å². The number of ether oxygens (including phenoxy) is 6. The predicted octanol–water partition coefficient (Wildman–Crippen LogP) is 3.08. The molecule has 148 valence electrons. The van der Waals surface area contributed by atoms with Crippen LogP contribution in [0.1, 0.15) is 41.5 Å². The van der Waals surface area contributed by atoms with Crippen molar-refractivity contribution in [2.75, 3.05) is 39.6 Å². The van der Waals surface area contributed by atoms with Crippen LogP contribution in [0.25, 0.3) is 0 Å². The van der Waals surface area contributed by atoms with Gasteiger partial charge in [0.15, 0.2) is 0 Å². The summed E-state index contributed by atoms with van der Waals surface area (Å²) in [7, 11) is 0. The van der Waals surface area contributed by atoms with E-state index in [1.807, 2.05) is 41.5 Å². The van der Waals surface area contributed by atoms with Gasteiger partial charge in [-0.1, -0.05) is 11.8 Å². The summed E-state index contributed by atoms with van der Waals surface area (Å²) in [5.74, 6) is 8.63. The highest BCUT2D eigenvalue weighted by atomic mass is 16.9. The molecule has 0 aliphatic rings. The van der Waals surface area contributed by atoms with E-state index in [9.17, 15) is 0 Å². The molecule has 0 aliphatic heterocycles. The van der Waals surface area contributed by atoms with Crippen molar-refractivity contribution in [1.82, 2.24) is 0 Å². The molecule has 0 aromatic rings. The van der Waals surface area contributed by atoms with Crippen molar-refractivity contribution in [3.05, 3.63) is 12.2 Å². The first-order valence-corrected chi connectivity index (χ1v) is 9.11. The molecule has 0 aromatic heterocycles. The lowest BCUT2D eigenvalue weighted by Gasteiger charge is -2.26. The Morgan fingerprint density at radius 3 is 0.923 bits per heavy atom. The standard InChI is InChI=1S/C20H32O6/c1-7-21-19(22-8-2,23-9-3)17-15-13-14-16-18-20(24-10-4,25-11-5)26-12-6/h13-14H,7-12H2,1-6H3/b14-13+. The van der Waals surface area contributed by atoms with E-state index in [1.54, 1.807) is 12.2 Å². The highest BCUT2D eigenvalue weighted by Crippen LogP contribution is 2.15. The van der Waals surface area contributed by atoms with Crippen molar-refractivity contribution >= 4 is 0 Å². The average molecular weight is 368 g/mol. The van der Waals surface area contributed by atoms with Crippen molar-refractivity contribution in [2.45, 2.75) is 53.5 Å². The zero-order chi connectivity index (χ0) is 19.7. The molecule has 0 spiro atoms. The van der Waals surface area contributed by atoms with Gasteiger partial charge in [0.2, 0.25) is 0 Å². The number of hydrogen-bond donors (Lipinski definition) is 0. The first-order chi connectivity index (χ1) is 12.6. The van der Waals surface area contributed by atoms with Crippen LogP contribution in [-0.4, -0.2) is 51.6 Å². The Morgan fingerprint density at radius 1 is 0.500 bits per heavy atom. The molecule has 0 atom stereocenters. The lowest BCUT2D eigenvalue weighted by molar-refractivity contribution is -0.339. The highest BCUT2D eigenvalue weighted by molar-refractivity contribution is 5.27. The largest absolute Gasteiger partial charge is 0.353 e. The third-order valence-electron chi connectivity index (χ3n) is 2.71. The second-order valence-corrected chi connectivity index (χ2v) is 4.58. The zero-order valence-electron chi connectivity index (χ0n) is 16.8. The van der Waals surface area contributed by atoms with E-state index in [0.717, 1.165) is 0 Å². The van der Waals surface area contributed by atoms with E-state index in [0.29, 0.717) is 39.6 Å². The molecule has 0 rings (SSSR count). The van der Waals surface area contributed by atoms with Gasteiger partial charge in [-0.25, -0.2) is 0 Å². The van der Waals surface area contributed by atoms with Crippen LogP contribution in [0.15, 0.2) is 12.2 Å². The summed E-state index contributed by atoms with van der Waals surface area (Å²) >= 11 is 0. The highest BCUT2D eigenvalue weighted by Gasteiger charge is 2.30. The number of rotatable bonds is 12. The Balaban J connectivity index is 5.22. The third-order valence-corrected chi connectivity index (χ3v) is 2.71. The fraction of sp³-hybridized carbons (Fsp3) is 0.700. The molecular formula is C20H32O6. The summed E-state index contributed by atoms with van der Waals surface area (Å²) in [6, 6.07) is 0. The van der Waals surface area contributed by atoms with Crippen molar-refractivity contribution in [1.29, 1.82) is 0 Å². The fourth-order valence-electron chi connectivity index (χ4n) is 1.95.